The fraction of sp³-hybridized carbons (Fsp3) is 0.579. The van der Waals surface area contributed by atoms with Gasteiger partial charge in [0, 0.05) is 49.9 Å². The molecular weight excluding hydrogens is 409 g/mol. The first-order chi connectivity index (χ1) is 13.3. The van der Waals surface area contributed by atoms with Gasteiger partial charge in [0.25, 0.3) is 5.91 Å². The zero-order valence-corrected chi connectivity index (χ0v) is 16.9. The standard InChI is InChI=1S/C19H25F3N4O2.ClH/c1-12-9-15(12)18(28)25-14-4-2-3-13(10-14)17(27)24-11-16(19(20,21)22)26-7-5-23-6-8-26;/h2-4,10,12,15-16,23H,5-9,11H2,1H3,(H,24,27)(H,25,28);1H. The van der Waals surface area contributed by atoms with E-state index in [2.05, 4.69) is 16.0 Å². The Kier molecular flexibility index (Phi) is 7.90. The minimum absolute atomic E-state index is 0. The molecule has 29 heavy (non-hydrogen) atoms. The summed E-state index contributed by atoms with van der Waals surface area (Å²) in [7, 11) is 0. The topological polar surface area (TPSA) is 73.5 Å². The van der Waals surface area contributed by atoms with Crippen LogP contribution >= 0.6 is 12.4 Å². The Morgan fingerprint density at radius 1 is 1.28 bits per heavy atom. The summed E-state index contributed by atoms with van der Waals surface area (Å²) in [6.07, 6.45) is -3.59. The fourth-order valence-corrected chi connectivity index (χ4v) is 3.40. The van der Waals surface area contributed by atoms with E-state index in [-0.39, 0.29) is 42.9 Å². The SMILES string of the molecule is CC1CC1C(=O)Nc1cccc(C(=O)NCC(N2CCNCC2)C(F)(F)F)c1.Cl. The van der Waals surface area contributed by atoms with E-state index in [9.17, 15) is 22.8 Å². The number of halogens is 4. The molecule has 1 saturated heterocycles. The Morgan fingerprint density at radius 2 is 1.93 bits per heavy atom. The minimum atomic E-state index is -4.43. The summed E-state index contributed by atoms with van der Waals surface area (Å²) in [6.45, 7) is 3.01. The van der Waals surface area contributed by atoms with Crippen LogP contribution in [0.1, 0.15) is 23.7 Å². The van der Waals surface area contributed by atoms with Crippen molar-refractivity contribution in [1.82, 2.24) is 15.5 Å². The number of benzene rings is 1. The largest absolute Gasteiger partial charge is 0.405 e. The van der Waals surface area contributed by atoms with Crippen molar-refractivity contribution in [1.29, 1.82) is 0 Å². The van der Waals surface area contributed by atoms with Crippen LogP contribution in [0, 0.1) is 11.8 Å². The molecular formula is C19H26ClF3N4O2. The Labute approximate surface area is 174 Å². The quantitative estimate of drug-likeness (QED) is 0.642. The molecule has 3 unspecified atom stereocenters. The van der Waals surface area contributed by atoms with E-state index in [1.54, 1.807) is 12.1 Å². The zero-order valence-electron chi connectivity index (χ0n) is 16.1. The van der Waals surface area contributed by atoms with Crippen LogP contribution in [-0.4, -0.2) is 61.7 Å². The van der Waals surface area contributed by atoms with Crippen LogP contribution in [0.4, 0.5) is 18.9 Å². The van der Waals surface area contributed by atoms with Gasteiger partial charge in [-0.05, 0) is 30.5 Å². The summed E-state index contributed by atoms with van der Waals surface area (Å²) in [4.78, 5) is 25.7. The van der Waals surface area contributed by atoms with Crippen LogP contribution in [0.15, 0.2) is 24.3 Å². The minimum Gasteiger partial charge on any atom is -0.350 e. The van der Waals surface area contributed by atoms with Crippen LogP contribution in [0.25, 0.3) is 0 Å². The number of anilines is 1. The Hall–Kier alpha value is -1.84. The molecule has 3 atom stereocenters. The van der Waals surface area contributed by atoms with Gasteiger partial charge in [-0.15, -0.1) is 12.4 Å². The summed E-state index contributed by atoms with van der Waals surface area (Å²) in [5, 5.41) is 8.17. The van der Waals surface area contributed by atoms with E-state index in [0.29, 0.717) is 24.7 Å². The van der Waals surface area contributed by atoms with Gasteiger partial charge in [-0.1, -0.05) is 13.0 Å². The molecule has 3 rings (SSSR count). The molecule has 1 saturated carbocycles. The maximum atomic E-state index is 13.4. The van der Waals surface area contributed by atoms with Crippen molar-refractivity contribution in [3.8, 4) is 0 Å². The van der Waals surface area contributed by atoms with Gasteiger partial charge in [0.15, 0.2) is 0 Å². The average Bonchev–Trinajstić information content (AvgIpc) is 3.38. The molecule has 0 spiro atoms. The van der Waals surface area contributed by atoms with Gasteiger partial charge in [-0.3, -0.25) is 14.5 Å². The highest BCUT2D eigenvalue weighted by Gasteiger charge is 2.44. The molecule has 1 aromatic carbocycles. The predicted octanol–water partition coefficient (Wildman–Crippen LogP) is 2.27. The third-order valence-electron chi connectivity index (χ3n) is 5.26. The number of nitrogens with zero attached hydrogens (tertiary/aromatic N) is 1. The van der Waals surface area contributed by atoms with Crippen molar-refractivity contribution in [2.24, 2.45) is 11.8 Å². The highest BCUT2D eigenvalue weighted by atomic mass is 35.5. The van der Waals surface area contributed by atoms with E-state index < -0.39 is 24.7 Å². The van der Waals surface area contributed by atoms with Crippen molar-refractivity contribution in [2.75, 3.05) is 38.0 Å². The Bertz CT molecular complexity index is 726. The Balaban J connectivity index is 0.00000300. The van der Waals surface area contributed by atoms with Crippen molar-refractivity contribution in [3.05, 3.63) is 29.8 Å². The average molecular weight is 435 g/mol. The maximum absolute atomic E-state index is 13.4. The molecule has 10 heteroatoms. The molecule has 2 amide bonds. The lowest BCUT2D eigenvalue weighted by Crippen LogP contribution is -2.57. The number of carbonyl (C=O) groups is 2. The van der Waals surface area contributed by atoms with Crippen molar-refractivity contribution >= 4 is 29.9 Å². The molecule has 1 aromatic rings. The third-order valence-corrected chi connectivity index (χ3v) is 5.26. The second-order valence-corrected chi connectivity index (χ2v) is 7.44. The van der Waals surface area contributed by atoms with Crippen molar-refractivity contribution in [3.63, 3.8) is 0 Å². The number of hydrogen-bond acceptors (Lipinski definition) is 4. The van der Waals surface area contributed by atoms with Crippen LogP contribution in [-0.2, 0) is 4.79 Å². The van der Waals surface area contributed by atoms with E-state index >= 15 is 0 Å². The number of amides is 2. The first-order valence-corrected chi connectivity index (χ1v) is 9.46. The van der Waals surface area contributed by atoms with Gasteiger partial charge in [0.05, 0.1) is 0 Å². The molecule has 162 valence electrons. The highest BCUT2D eigenvalue weighted by molar-refractivity contribution is 5.98. The molecule has 2 fully saturated rings. The van der Waals surface area contributed by atoms with Crippen LogP contribution in [0.3, 0.4) is 0 Å². The van der Waals surface area contributed by atoms with Gasteiger partial charge >= 0.3 is 6.18 Å². The van der Waals surface area contributed by atoms with E-state index in [4.69, 9.17) is 0 Å². The van der Waals surface area contributed by atoms with E-state index in [1.807, 2.05) is 6.92 Å². The molecule has 6 nitrogen and oxygen atoms in total. The fourth-order valence-electron chi connectivity index (χ4n) is 3.40. The lowest BCUT2D eigenvalue weighted by Gasteiger charge is -2.35. The normalized spacial score (nSPS) is 22.9. The molecule has 0 aromatic heterocycles. The second-order valence-electron chi connectivity index (χ2n) is 7.44. The summed E-state index contributed by atoms with van der Waals surface area (Å²) >= 11 is 0. The van der Waals surface area contributed by atoms with Crippen molar-refractivity contribution < 1.29 is 22.8 Å². The molecule has 1 heterocycles. The summed E-state index contributed by atoms with van der Waals surface area (Å²) < 4.78 is 40.3. The second kappa shape index (κ2) is 9.77. The van der Waals surface area contributed by atoms with E-state index in [1.165, 1.54) is 17.0 Å². The first kappa shape index (κ1) is 23.4. The number of rotatable bonds is 6. The first-order valence-electron chi connectivity index (χ1n) is 9.46. The predicted molar refractivity (Wildman–Crippen MR) is 106 cm³/mol. The van der Waals surface area contributed by atoms with Gasteiger partial charge in [0.1, 0.15) is 6.04 Å². The van der Waals surface area contributed by atoms with E-state index in [0.717, 1.165) is 6.42 Å². The maximum Gasteiger partial charge on any atom is 0.405 e. The monoisotopic (exact) mass is 434 g/mol. The molecule has 3 N–H and O–H groups in total. The molecule has 0 bridgehead atoms. The Morgan fingerprint density at radius 3 is 2.52 bits per heavy atom. The molecule has 0 radical (unpaired) electrons. The number of hydrogen-bond donors (Lipinski definition) is 3. The summed E-state index contributed by atoms with van der Waals surface area (Å²) in [5.41, 5.74) is 0.675. The number of piperazine rings is 1. The van der Waals surface area contributed by atoms with Crippen LogP contribution < -0.4 is 16.0 Å². The number of carbonyl (C=O) groups excluding carboxylic acids is 2. The highest BCUT2D eigenvalue weighted by Crippen LogP contribution is 2.38. The third kappa shape index (κ3) is 6.32. The molecule has 1 aliphatic heterocycles. The van der Waals surface area contributed by atoms with Crippen molar-refractivity contribution in [2.45, 2.75) is 25.6 Å². The number of nitrogens with one attached hydrogen (secondary N) is 3. The lowest BCUT2D eigenvalue weighted by molar-refractivity contribution is -0.183. The summed E-state index contributed by atoms with van der Waals surface area (Å²) in [5.74, 6) is -0.346. The molecule has 1 aliphatic carbocycles. The van der Waals surface area contributed by atoms with Crippen LogP contribution in [0.5, 0.6) is 0 Å². The van der Waals surface area contributed by atoms with Gasteiger partial charge in [0.2, 0.25) is 5.91 Å². The number of alkyl halides is 3. The lowest BCUT2D eigenvalue weighted by atomic mass is 10.1. The molecule has 2 aliphatic rings. The van der Waals surface area contributed by atoms with Gasteiger partial charge in [-0.2, -0.15) is 13.2 Å². The van der Waals surface area contributed by atoms with Gasteiger partial charge in [-0.25, -0.2) is 0 Å². The van der Waals surface area contributed by atoms with Gasteiger partial charge < -0.3 is 16.0 Å². The van der Waals surface area contributed by atoms with Crippen LogP contribution in [0.2, 0.25) is 0 Å². The smallest absolute Gasteiger partial charge is 0.350 e. The summed E-state index contributed by atoms with van der Waals surface area (Å²) in [6, 6.07) is 4.52. The zero-order chi connectivity index (χ0) is 20.3.